The lowest BCUT2D eigenvalue weighted by Crippen LogP contribution is -2.17. The molecule has 1 aliphatic carbocycles. The molecule has 25 heavy (non-hydrogen) atoms. The largest absolute Gasteiger partial charge is 0.573 e. The van der Waals surface area contributed by atoms with Crippen LogP contribution in [0.4, 0.5) is 13.2 Å². The van der Waals surface area contributed by atoms with Crippen molar-refractivity contribution in [2.24, 2.45) is 0 Å². The third kappa shape index (κ3) is 3.81. The molecule has 0 aliphatic heterocycles. The van der Waals surface area contributed by atoms with E-state index in [0.29, 0.717) is 17.0 Å². The first kappa shape index (κ1) is 17.0. The first-order valence-electron chi connectivity index (χ1n) is 7.34. The van der Waals surface area contributed by atoms with Crippen LogP contribution in [0.3, 0.4) is 0 Å². The molecule has 6 nitrogen and oxygen atoms in total. The van der Waals surface area contributed by atoms with Crippen LogP contribution in [0.25, 0.3) is 11.3 Å². The van der Waals surface area contributed by atoms with E-state index in [0.717, 1.165) is 25.0 Å². The zero-order chi connectivity index (χ0) is 18.2. The predicted molar refractivity (Wildman–Crippen MR) is 79.6 cm³/mol. The minimum Gasteiger partial charge on any atom is -0.479 e. The Bertz CT molecular complexity index is 802. The number of carbonyl (C=O) groups is 1. The maximum Gasteiger partial charge on any atom is 0.573 e. The van der Waals surface area contributed by atoms with Gasteiger partial charge in [0, 0.05) is 11.5 Å². The first-order chi connectivity index (χ1) is 11.8. The number of aromatic nitrogens is 2. The molecule has 9 heteroatoms. The van der Waals surface area contributed by atoms with E-state index in [2.05, 4.69) is 14.7 Å². The topological polar surface area (TPSA) is 81.5 Å². The quantitative estimate of drug-likeness (QED) is 0.883. The molecular weight excluding hydrogens is 341 g/mol. The molecule has 1 heterocycles. The predicted octanol–water partition coefficient (Wildman–Crippen LogP) is 3.63. The van der Waals surface area contributed by atoms with Gasteiger partial charge in [-0.05, 0) is 37.1 Å². The normalized spacial score (nSPS) is 14.2. The van der Waals surface area contributed by atoms with E-state index < -0.39 is 12.3 Å². The van der Waals surface area contributed by atoms with Crippen LogP contribution in [0.5, 0.6) is 11.6 Å². The van der Waals surface area contributed by atoms with Crippen LogP contribution in [-0.2, 0) is 0 Å². The number of carboxylic acid groups (broad SMARTS) is 1. The Labute approximate surface area is 140 Å². The number of aromatic carboxylic acids is 1. The number of halogens is 3. The number of carboxylic acids is 1. The van der Waals surface area contributed by atoms with Crippen molar-refractivity contribution < 1.29 is 32.5 Å². The molecule has 0 bridgehead atoms. The van der Waals surface area contributed by atoms with Crippen molar-refractivity contribution in [3.8, 4) is 22.9 Å². The van der Waals surface area contributed by atoms with Gasteiger partial charge in [0.1, 0.15) is 5.75 Å². The molecule has 1 aromatic carbocycles. The lowest BCUT2D eigenvalue weighted by Gasteiger charge is -2.13. The highest BCUT2D eigenvalue weighted by Crippen LogP contribution is 2.44. The molecule has 2 aromatic rings. The lowest BCUT2D eigenvalue weighted by atomic mass is 10.1. The molecular formula is C16H13F3N2O4. The van der Waals surface area contributed by atoms with Crippen LogP contribution in [-0.4, -0.2) is 34.5 Å². The number of hydrogen-bond donors (Lipinski definition) is 1. The Morgan fingerprint density at radius 2 is 1.84 bits per heavy atom. The number of alkyl halides is 3. The smallest absolute Gasteiger partial charge is 0.479 e. The second kappa shape index (κ2) is 6.23. The van der Waals surface area contributed by atoms with Crippen LogP contribution < -0.4 is 9.47 Å². The van der Waals surface area contributed by atoms with Crippen molar-refractivity contribution in [1.82, 2.24) is 9.97 Å². The van der Waals surface area contributed by atoms with Crippen LogP contribution >= 0.6 is 0 Å². The van der Waals surface area contributed by atoms with Crippen molar-refractivity contribution in [2.45, 2.75) is 25.1 Å². The Kier molecular flexibility index (Phi) is 4.23. The molecule has 1 aliphatic rings. The Hall–Kier alpha value is -2.84. The summed E-state index contributed by atoms with van der Waals surface area (Å²) in [7, 11) is 1.30. The molecule has 0 amide bonds. The van der Waals surface area contributed by atoms with Gasteiger partial charge in [-0.15, -0.1) is 13.2 Å². The molecule has 1 aromatic heterocycles. The Morgan fingerprint density at radius 1 is 1.20 bits per heavy atom. The van der Waals surface area contributed by atoms with Gasteiger partial charge in [0.25, 0.3) is 0 Å². The highest BCUT2D eigenvalue weighted by molar-refractivity contribution is 5.89. The number of methoxy groups -OCH3 is 1. The highest BCUT2D eigenvalue weighted by atomic mass is 19.4. The van der Waals surface area contributed by atoms with Crippen molar-refractivity contribution in [3.63, 3.8) is 0 Å². The number of benzene rings is 1. The maximum atomic E-state index is 12.2. The maximum absolute atomic E-state index is 12.2. The summed E-state index contributed by atoms with van der Waals surface area (Å²) in [5.41, 5.74) is 0.997. The van der Waals surface area contributed by atoms with Crippen molar-refractivity contribution in [1.29, 1.82) is 0 Å². The monoisotopic (exact) mass is 354 g/mol. The van der Waals surface area contributed by atoms with Crippen LogP contribution in [0.15, 0.2) is 24.3 Å². The third-order valence-electron chi connectivity index (χ3n) is 3.61. The molecule has 0 radical (unpaired) electrons. The minimum atomic E-state index is -4.78. The molecule has 0 spiro atoms. The van der Waals surface area contributed by atoms with Gasteiger partial charge in [-0.25, -0.2) is 14.8 Å². The van der Waals surface area contributed by atoms with E-state index in [1.807, 2.05) is 0 Å². The van der Waals surface area contributed by atoms with Gasteiger partial charge >= 0.3 is 12.3 Å². The average Bonchev–Trinajstić information content (AvgIpc) is 3.37. The number of ether oxygens (including phenoxy) is 2. The van der Waals surface area contributed by atoms with Gasteiger partial charge < -0.3 is 14.6 Å². The fourth-order valence-corrected chi connectivity index (χ4v) is 2.38. The number of hydrogen-bond acceptors (Lipinski definition) is 5. The van der Waals surface area contributed by atoms with Gasteiger partial charge in [-0.3, -0.25) is 0 Å². The molecule has 0 unspecified atom stereocenters. The summed E-state index contributed by atoms with van der Waals surface area (Å²) >= 11 is 0. The number of rotatable bonds is 5. The van der Waals surface area contributed by atoms with Gasteiger partial charge in [0.05, 0.1) is 18.5 Å². The summed E-state index contributed by atoms with van der Waals surface area (Å²) in [4.78, 5) is 19.7. The average molecular weight is 354 g/mol. The molecule has 1 saturated carbocycles. The van der Waals surface area contributed by atoms with E-state index in [4.69, 9.17) is 4.74 Å². The van der Waals surface area contributed by atoms with Gasteiger partial charge in [-0.2, -0.15) is 0 Å². The standard InChI is InChI=1S/C16H13F3N2O4/c1-24-14-13(15(22)23)20-11(12(21-14)8-2-3-8)9-4-6-10(7-5-9)25-16(17,18)19/h4-8H,2-3H2,1H3,(H,22,23). The van der Waals surface area contributed by atoms with E-state index in [9.17, 15) is 23.1 Å². The fraction of sp³-hybridized carbons (Fsp3) is 0.312. The van der Waals surface area contributed by atoms with Gasteiger partial charge in [0.2, 0.25) is 11.6 Å². The zero-order valence-corrected chi connectivity index (χ0v) is 13.0. The summed E-state index contributed by atoms with van der Waals surface area (Å²) in [6.07, 6.45) is -3.02. The van der Waals surface area contributed by atoms with Crippen LogP contribution in [0.1, 0.15) is 34.9 Å². The summed E-state index contributed by atoms with van der Waals surface area (Å²) in [6.45, 7) is 0. The summed E-state index contributed by atoms with van der Waals surface area (Å²) < 4.78 is 45.6. The van der Waals surface area contributed by atoms with Gasteiger partial charge in [0.15, 0.2) is 0 Å². The van der Waals surface area contributed by atoms with E-state index in [-0.39, 0.29) is 23.2 Å². The van der Waals surface area contributed by atoms with E-state index in [1.165, 1.54) is 19.2 Å². The summed E-state index contributed by atoms with van der Waals surface area (Å²) in [5, 5.41) is 9.26. The second-order valence-corrected chi connectivity index (χ2v) is 5.47. The van der Waals surface area contributed by atoms with Crippen LogP contribution in [0.2, 0.25) is 0 Å². The van der Waals surface area contributed by atoms with Crippen molar-refractivity contribution in [2.75, 3.05) is 7.11 Å². The highest BCUT2D eigenvalue weighted by Gasteiger charge is 2.33. The third-order valence-corrected chi connectivity index (χ3v) is 3.61. The lowest BCUT2D eigenvalue weighted by molar-refractivity contribution is -0.274. The Balaban J connectivity index is 2.03. The van der Waals surface area contributed by atoms with Crippen molar-refractivity contribution >= 4 is 5.97 Å². The SMILES string of the molecule is COc1nc(C2CC2)c(-c2ccc(OC(F)(F)F)cc2)nc1C(=O)O. The molecule has 0 atom stereocenters. The summed E-state index contributed by atoms with van der Waals surface area (Å²) in [6, 6.07) is 5.06. The first-order valence-corrected chi connectivity index (χ1v) is 7.34. The second-order valence-electron chi connectivity index (χ2n) is 5.47. The summed E-state index contributed by atoms with van der Waals surface area (Å²) in [5.74, 6) is -1.63. The minimum absolute atomic E-state index is 0.0878. The van der Waals surface area contributed by atoms with E-state index >= 15 is 0 Å². The van der Waals surface area contributed by atoms with Crippen molar-refractivity contribution in [3.05, 3.63) is 35.7 Å². The van der Waals surface area contributed by atoms with Crippen LogP contribution in [0, 0.1) is 0 Å². The molecule has 1 fully saturated rings. The molecule has 0 saturated heterocycles. The van der Waals surface area contributed by atoms with Gasteiger partial charge in [-0.1, -0.05) is 0 Å². The Morgan fingerprint density at radius 3 is 2.32 bits per heavy atom. The molecule has 3 rings (SSSR count). The molecule has 1 N–H and O–H groups in total. The van der Waals surface area contributed by atoms with E-state index in [1.54, 1.807) is 0 Å². The molecule has 132 valence electrons. The zero-order valence-electron chi connectivity index (χ0n) is 13.0. The number of nitrogens with zero attached hydrogens (tertiary/aromatic N) is 2. The fourth-order valence-electron chi connectivity index (χ4n) is 2.38.